The molecule has 0 aliphatic heterocycles. The summed E-state index contributed by atoms with van der Waals surface area (Å²) in [5, 5.41) is 0. The van der Waals surface area contributed by atoms with Crippen LogP contribution in [0.15, 0.2) is 16.7 Å². The SMILES string of the molecule is CC(C)CS(=O)(=O)Nc1ncc(N)cc1Br. The van der Waals surface area contributed by atoms with Crippen molar-refractivity contribution in [2.24, 2.45) is 5.92 Å². The lowest BCUT2D eigenvalue weighted by Gasteiger charge is -2.10. The van der Waals surface area contributed by atoms with Crippen LogP contribution in [0.3, 0.4) is 0 Å². The van der Waals surface area contributed by atoms with Crippen LogP contribution in [0.25, 0.3) is 0 Å². The van der Waals surface area contributed by atoms with Gasteiger partial charge in [-0.1, -0.05) is 13.8 Å². The first-order chi connectivity index (χ1) is 7.30. The van der Waals surface area contributed by atoms with E-state index >= 15 is 0 Å². The molecule has 1 aromatic rings. The van der Waals surface area contributed by atoms with Gasteiger partial charge in [-0.25, -0.2) is 13.4 Å². The van der Waals surface area contributed by atoms with E-state index in [1.807, 2.05) is 13.8 Å². The number of pyridine rings is 1. The summed E-state index contributed by atoms with van der Waals surface area (Å²) in [7, 11) is -3.35. The molecule has 16 heavy (non-hydrogen) atoms. The largest absolute Gasteiger partial charge is 0.397 e. The highest BCUT2D eigenvalue weighted by molar-refractivity contribution is 9.10. The van der Waals surface area contributed by atoms with E-state index in [2.05, 4.69) is 25.6 Å². The third-order valence-electron chi connectivity index (χ3n) is 1.67. The van der Waals surface area contributed by atoms with Crippen molar-refractivity contribution in [1.82, 2.24) is 4.98 Å². The Bertz CT molecular complexity index is 474. The molecule has 0 fully saturated rings. The van der Waals surface area contributed by atoms with E-state index < -0.39 is 10.0 Å². The van der Waals surface area contributed by atoms with Gasteiger partial charge >= 0.3 is 0 Å². The van der Waals surface area contributed by atoms with Gasteiger partial charge in [0.25, 0.3) is 0 Å². The lowest BCUT2D eigenvalue weighted by atomic mass is 10.3. The number of nitrogens with zero attached hydrogens (tertiary/aromatic N) is 1. The molecule has 90 valence electrons. The van der Waals surface area contributed by atoms with Gasteiger partial charge in [-0.05, 0) is 27.9 Å². The number of hydrogen-bond donors (Lipinski definition) is 2. The maximum atomic E-state index is 11.6. The second kappa shape index (κ2) is 5.01. The zero-order chi connectivity index (χ0) is 12.3. The van der Waals surface area contributed by atoms with E-state index in [9.17, 15) is 8.42 Å². The van der Waals surface area contributed by atoms with E-state index in [1.54, 1.807) is 6.07 Å². The highest BCUT2D eigenvalue weighted by Crippen LogP contribution is 2.22. The maximum absolute atomic E-state index is 11.6. The Balaban J connectivity index is 2.88. The van der Waals surface area contributed by atoms with Crippen LogP contribution >= 0.6 is 15.9 Å². The first-order valence-electron chi connectivity index (χ1n) is 4.71. The van der Waals surface area contributed by atoms with Gasteiger partial charge in [0.1, 0.15) is 0 Å². The van der Waals surface area contributed by atoms with Crippen molar-refractivity contribution in [3.8, 4) is 0 Å². The van der Waals surface area contributed by atoms with Crippen molar-refractivity contribution in [2.45, 2.75) is 13.8 Å². The smallest absolute Gasteiger partial charge is 0.234 e. The van der Waals surface area contributed by atoms with Gasteiger partial charge in [0, 0.05) is 0 Å². The lowest BCUT2D eigenvalue weighted by Crippen LogP contribution is -2.20. The monoisotopic (exact) mass is 307 g/mol. The average Bonchev–Trinajstić information content (AvgIpc) is 2.07. The van der Waals surface area contributed by atoms with Crippen molar-refractivity contribution in [3.05, 3.63) is 16.7 Å². The first-order valence-corrected chi connectivity index (χ1v) is 7.16. The van der Waals surface area contributed by atoms with E-state index in [-0.39, 0.29) is 17.5 Å². The minimum absolute atomic E-state index is 0.0602. The summed E-state index contributed by atoms with van der Waals surface area (Å²) in [4.78, 5) is 3.91. The predicted molar refractivity (Wildman–Crippen MR) is 68.6 cm³/mol. The highest BCUT2D eigenvalue weighted by Gasteiger charge is 2.15. The first kappa shape index (κ1) is 13.2. The van der Waals surface area contributed by atoms with E-state index in [4.69, 9.17) is 5.73 Å². The van der Waals surface area contributed by atoms with Crippen molar-refractivity contribution >= 4 is 37.5 Å². The van der Waals surface area contributed by atoms with Crippen LogP contribution in [0.5, 0.6) is 0 Å². The van der Waals surface area contributed by atoms with Crippen LogP contribution in [0, 0.1) is 5.92 Å². The normalized spacial score (nSPS) is 11.8. The maximum Gasteiger partial charge on any atom is 0.234 e. The Hall–Kier alpha value is -0.820. The Morgan fingerprint density at radius 2 is 2.19 bits per heavy atom. The Labute approximate surface area is 104 Å². The van der Waals surface area contributed by atoms with Gasteiger partial charge in [0.05, 0.1) is 22.1 Å². The molecule has 0 bridgehead atoms. The van der Waals surface area contributed by atoms with E-state index in [1.165, 1.54) is 6.20 Å². The zero-order valence-corrected chi connectivity index (χ0v) is 11.5. The Morgan fingerprint density at radius 1 is 1.56 bits per heavy atom. The molecule has 1 aromatic heterocycles. The molecule has 1 rings (SSSR count). The number of rotatable bonds is 4. The van der Waals surface area contributed by atoms with Gasteiger partial charge in [0.15, 0.2) is 5.82 Å². The van der Waals surface area contributed by atoms with Crippen LogP contribution in [-0.4, -0.2) is 19.2 Å². The minimum atomic E-state index is -3.35. The summed E-state index contributed by atoms with van der Waals surface area (Å²) < 4.78 is 26.2. The molecule has 0 aliphatic carbocycles. The Kier molecular flexibility index (Phi) is 4.15. The van der Waals surface area contributed by atoms with Crippen molar-refractivity contribution < 1.29 is 8.42 Å². The molecule has 0 aliphatic rings. The minimum Gasteiger partial charge on any atom is -0.397 e. The standard InChI is InChI=1S/C9H14BrN3O2S/c1-6(2)5-16(14,15)13-9-8(10)3-7(11)4-12-9/h3-4,6H,5,11H2,1-2H3,(H,12,13). The molecule has 5 nitrogen and oxygen atoms in total. The van der Waals surface area contributed by atoms with Crippen molar-refractivity contribution in [2.75, 3.05) is 16.2 Å². The molecular formula is C9H14BrN3O2S. The third kappa shape index (κ3) is 3.97. The highest BCUT2D eigenvalue weighted by atomic mass is 79.9. The number of nitrogens with two attached hydrogens (primary N) is 1. The van der Waals surface area contributed by atoms with Gasteiger partial charge in [-0.2, -0.15) is 0 Å². The van der Waals surface area contributed by atoms with Gasteiger partial charge in [-0.3, -0.25) is 4.72 Å². The number of nitrogen functional groups attached to an aromatic ring is 1. The molecule has 1 heterocycles. The molecule has 0 amide bonds. The number of nitrogens with one attached hydrogen (secondary N) is 1. The van der Waals surface area contributed by atoms with Crippen LogP contribution < -0.4 is 10.5 Å². The van der Waals surface area contributed by atoms with Crippen molar-refractivity contribution in [1.29, 1.82) is 0 Å². The molecule has 0 atom stereocenters. The third-order valence-corrected chi connectivity index (χ3v) is 3.88. The number of aromatic nitrogens is 1. The number of halogens is 1. The van der Waals surface area contributed by atoms with Crippen molar-refractivity contribution in [3.63, 3.8) is 0 Å². The summed E-state index contributed by atoms with van der Waals surface area (Å²) in [5.74, 6) is 0.380. The molecule has 0 unspecified atom stereocenters. The summed E-state index contributed by atoms with van der Waals surface area (Å²) >= 11 is 3.20. The zero-order valence-electron chi connectivity index (χ0n) is 9.07. The second-order valence-corrected chi connectivity index (χ2v) is 6.50. The predicted octanol–water partition coefficient (Wildman–Crippen LogP) is 1.82. The summed E-state index contributed by atoms with van der Waals surface area (Å²) in [6.07, 6.45) is 1.40. The molecule has 7 heteroatoms. The molecule has 0 saturated heterocycles. The molecule has 0 spiro atoms. The molecule has 0 saturated carbocycles. The summed E-state index contributed by atoms with van der Waals surface area (Å²) in [5.41, 5.74) is 5.97. The fraction of sp³-hybridized carbons (Fsp3) is 0.444. The van der Waals surface area contributed by atoms with Crippen LogP contribution in [0.4, 0.5) is 11.5 Å². The van der Waals surface area contributed by atoms with Crippen LogP contribution in [0.2, 0.25) is 0 Å². The molecule has 3 N–H and O–H groups in total. The van der Waals surface area contributed by atoms with Gasteiger partial charge < -0.3 is 5.73 Å². The lowest BCUT2D eigenvalue weighted by molar-refractivity contribution is 0.587. The van der Waals surface area contributed by atoms with Gasteiger partial charge in [-0.15, -0.1) is 0 Å². The number of sulfonamides is 1. The average molecular weight is 308 g/mol. The summed E-state index contributed by atoms with van der Waals surface area (Å²) in [6, 6.07) is 1.60. The topological polar surface area (TPSA) is 85.1 Å². The number of hydrogen-bond acceptors (Lipinski definition) is 4. The summed E-state index contributed by atoms with van der Waals surface area (Å²) in [6.45, 7) is 3.68. The molecule has 0 radical (unpaired) electrons. The van der Waals surface area contributed by atoms with Crippen LogP contribution in [0.1, 0.15) is 13.8 Å². The fourth-order valence-electron chi connectivity index (χ4n) is 1.16. The molecular weight excluding hydrogens is 294 g/mol. The van der Waals surface area contributed by atoms with E-state index in [0.29, 0.717) is 10.2 Å². The second-order valence-electron chi connectivity index (χ2n) is 3.88. The quantitative estimate of drug-likeness (QED) is 0.888. The molecule has 0 aromatic carbocycles. The fourth-order valence-corrected chi connectivity index (χ4v) is 3.17. The van der Waals surface area contributed by atoms with E-state index in [0.717, 1.165) is 0 Å². The van der Waals surface area contributed by atoms with Gasteiger partial charge in [0.2, 0.25) is 10.0 Å². The van der Waals surface area contributed by atoms with Crippen LogP contribution in [-0.2, 0) is 10.0 Å². The Morgan fingerprint density at radius 3 is 2.69 bits per heavy atom. The number of anilines is 2.